The monoisotopic (exact) mass is 300 g/mol. The van der Waals surface area contributed by atoms with Crippen LogP contribution in [-0.2, 0) is 6.54 Å². The van der Waals surface area contributed by atoms with Crippen molar-refractivity contribution in [1.29, 1.82) is 0 Å². The Hall–Kier alpha value is -1.06. The molecule has 1 aromatic carbocycles. The number of aromatic hydroxyl groups is 1. The van der Waals surface area contributed by atoms with Gasteiger partial charge in [0.25, 0.3) is 0 Å². The number of rotatable bonds is 4. The van der Waals surface area contributed by atoms with Gasteiger partial charge >= 0.3 is 0 Å². The molecule has 1 aromatic rings. The van der Waals surface area contributed by atoms with Crippen LogP contribution in [0.3, 0.4) is 0 Å². The van der Waals surface area contributed by atoms with Gasteiger partial charge in [0.1, 0.15) is 5.75 Å². The van der Waals surface area contributed by atoms with Crippen molar-refractivity contribution < 1.29 is 5.11 Å². The second-order valence-corrected chi connectivity index (χ2v) is 7.87. The summed E-state index contributed by atoms with van der Waals surface area (Å²) in [6.45, 7) is 7.27. The fourth-order valence-corrected chi connectivity index (χ4v) is 4.51. The molecule has 1 spiro atoms. The lowest BCUT2D eigenvalue weighted by Gasteiger charge is -2.40. The lowest BCUT2D eigenvalue weighted by atomic mass is 9.79. The van der Waals surface area contributed by atoms with Gasteiger partial charge in [-0.2, -0.15) is 0 Å². The summed E-state index contributed by atoms with van der Waals surface area (Å²) in [5, 5.41) is 9.99. The summed E-state index contributed by atoms with van der Waals surface area (Å²) in [5.74, 6) is 1.45. The van der Waals surface area contributed by atoms with Gasteiger partial charge in [-0.3, -0.25) is 4.90 Å². The standard InChI is InChI=1S/C19H28N2O/c22-18-5-2-1-4-17(18)13-21-11-9-19(15-21)8-3-10-20(14-19)12-16-6-7-16/h1-2,4-5,16,22H,3,6-15H2. The summed E-state index contributed by atoms with van der Waals surface area (Å²) in [7, 11) is 0. The molecule has 1 N–H and O–H groups in total. The molecule has 2 saturated heterocycles. The molecule has 3 nitrogen and oxygen atoms in total. The van der Waals surface area contributed by atoms with Crippen molar-refractivity contribution in [2.45, 2.75) is 38.6 Å². The highest BCUT2D eigenvalue weighted by molar-refractivity contribution is 5.31. The van der Waals surface area contributed by atoms with E-state index in [1.54, 1.807) is 6.07 Å². The van der Waals surface area contributed by atoms with Crippen LogP contribution in [0.2, 0.25) is 0 Å². The minimum absolute atomic E-state index is 0.447. The number of phenolic OH excluding ortho intramolecular Hbond substituents is 1. The Kier molecular flexibility index (Phi) is 3.87. The molecule has 3 heteroatoms. The van der Waals surface area contributed by atoms with Gasteiger partial charge < -0.3 is 10.0 Å². The van der Waals surface area contributed by atoms with Crippen LogP contribution in [0.15, 0.2) is 24.3 Å². The molecule has 4 rings (SSSR count). The van der Waals surface area contributed by atoms with Crippen LogP contribution in [0.25, 0.3) is 0 Å². The Bertz CT molecular complexity index is 528. The van der Waals surface area contributed by atoms with E-state index in [1.807, 2.05) is 12.1 Å². The second-order valence-electron chi connectivity index (χ2n) is 7.87. The summed E-state index contributed by atoms with van der Waals surface area (Å²) in [5.41, 5.74) is 1.60. The normalized spacial score (nSPS) is 30.2. The maximum atomic E-state index is 9.99. The summed E-state index contributed by atoms with van der Waals surface area (Å²) in [6, 6.07) is 7.79. The van der Waals surface area contributed by atoms with Crippen molar-refractivity contribution in [1.82, 2.24) is 9.80 Å². The van der Waals surface area contributed by atoms with Gasteiger partial charge in [-0.05, 0) is 62.6 Å². The first-order valence-corrected chi connectivity index (χ1v) is 8.94. The van der Waals surface area contributed by atoms with Crippen LogP contribution in [0.5, 0.6) is 5.75 Å². The fourth-order valence-electron chi connectivity index (χ4n) is 4.51. The average molecular weight is 300 g/mol. The molecular weight excluding hydrogens is 272 g/mol. The Labute approximate surface area is 133 Å². The number of piperidine rings is 1. The van der Waals surface area contributed by atoms with E-state index in [0.29, 0.717) is 11.2 Å². The van der Waals surface area contributed by atoms with Crippen molar-refractivity contribution in [3.8, 4) is 5.75 Å². The zero-order chi connectivity index (χ0) is 15.0. The van der Waals surface area contributed by atoms with Crippen LogP contribution in [0, 0.1) is 11.3 Å². The predicted molar refractivity (Wildman–Crippen MR) is 88.8 cm³/mol. The molecular formula is C19H28N2O. The molecule has 3 fully saturated rings. The third kappa shape index (κ3) is 3.16. The number of hydrogen-bond acceptors (Lipinski definition) is 3. The van der Waals surface area contributed by atoms with E-state index in [9.17, 15) is 5.11 Å². The zero-order valence-corrected chi connectivity index (χ0v) is 13.5. The van der Waals surface area contributed by atoms with Crippen molar-refractivity contribution in [3.63, 3.8) is 0 Å². The van der Waals surface area contributed by atoms with Crippen molar-refractivity contribution in [3.05, 3.63) is 29.8 Å². The lowest BCUT2D eigenvalue weighted by Crippen LogP contribution is -2.45. The van der Waals surface area contributed by atoms with E-state index >= 15 is 0 Å². The summed E-state index contributed by atoms with van der Waals surface area (Å²) < 4.78 is 0. The van der Waals surface area contributed by atoms with Gasteiger partial charge in [0.15, 0.2) is 0 Å². The van der Waals surface area contributed by atoms with Gasteiger partial charge in [0.05, 0.1) is 0 Å². The van der Waals surface area contributed by atoms with Gasteiger partial charge in [-0.15, -0.1) is 0 Å². The predicted octanol–water partition coefficient (Wildman–Crippen LogP) is 3.09. The maximum Gasteiger partial charge on any atom is 0.120 e. The minimum atomic E-state index is 0.447. The number of para-hydroxylation sites is 1. The van der Waals surface area contributed by atoms with Gasteiger partial charge in [0, 0.05) is 31.7 Å². The van der Waals surface area contributed by atoms with E-state index in [2.05, 4.69) is 15.9 Å². The molecule has 0 bridgehead atoms. The minimum Gasteiger partial charge on any atom is -0.508 e. The van der Waals surface area contributed by atoms with Crippen LogP contribution in [0.1, 0.15) is 37.7 Å². The molecule has 22 heavy (non-hydrogen) atoms. The molecule has 1 unspecified atom stereocenters. The molecule has 0 aromatic heterocycles. The quantitative estimate of drug-likeness (QED) is 0.925. The molecule has 1 atom stereocenters. The first-order valence-electron chi connectivity index (χ1n) is 8.94. The molecule has 120 valence electrons. The molecule has 1 saturated carbocycles. The van der Waals surface area contributed by atoms with Gasteiger partial charge in [-0.1, -0.05) is 18.2 Å². The Morgan fingerprint density at radius 1 is 1.05 bits per heavy atom. The Morgan fingerprint density at radius 2 is 1.86 bits per heavy atom. The third-order valence-electron chi connectivity index (χ3n) is 5.86. The number of nitrogens with zero attached hydrogens (tertiary/aromatic N) is 2. The smallest absolute Gasteiger partial charge is 0.120 e. The van der Waals surface area contributed by atoms with Crippen LogP contribution < -0.4 is 0 Å². The largest absolute Gasteiger partial charge is 0.508 e. The SMILES string of the molecule is Oc1ccccc1CN1CCC2(CCCN(CC3CC3)C2)C1. The van der Waals surface area contributed by atoms with E-state index in [-0.39, 0.29) is 0 Å². The number of likely N-dealkylation sites (tertiary alicyclic amines) is 2. The van der Waals surface area contributed by atoms with Crippen LogP contribution >= 0.6 is 0 Å². The molecule has 0 amide bonds. The summed E-state index contributed by atoms with van der Waals surface area (Å²) in [6.07, 6.45) is 7.02. The number of phenols is 1. The number of benzene rings is 1. The van der Waals surface area contributed by atoms with Gasteiger partial charge in [0.2, 0.25) is 0 Å². The van der Waals surface area contributed by atoms with Gasteiger partial charge in [-0.25, -0.2) is 0 Å². The summed E-state index contributed by atoms with van der Waals surface area (Å²) >= 11 is 0. The average Bonchev–Trinajstić information content (AvgIpc) is 3.24. The van der Waals surface area contributed by atoms with E-state index in [1.165, 1.54) is 64.8 Å². The molecule has 2 aliphatic heterocycles. The van der Waals surface area contributed by atoms with E-state index in [0.717, 1.165) is 18.0 Å². The molecule has 1 aliphatic carbocycles. The lowest BCUT2D eigenvalue weighted by molar-refractivity contribution is 0.0883. The number of hydrogen-bond donors (Lipinski definition) is 1. The van der Waals surface area contributed by atoms with Crippen molar-refractivity contribution in [2.75, 3.05) is 32.7 Å². The highest BCUT2D eigenvalue weighted by atomic mass is 16.3. The van der Waals surface area contributed by atoms with Crippen molar-refractivity contribution in [2.24, 2.45) is 11.3 Å². The Balaban J connectivity index is 1.37. The van der Waals surface area contributed by atoms with E-state index in [4.69, 9.17) is 0 Å². The zero-order valence-electron chi connectivity index (χ0n) is 13.5. The second kappa shape index (κ2) is 5.86. The van der Waals surface area contributed by atoms with Crippen molar-refractivity contribution >= 4 is 0 Å². The fraction of sp³-hybridized carbons (Fsp3) is 0.684. The third-order valence-corrected chi connectivity index (χ3v) is 5.86. The highest BCUT2D eigenvalue weighted by Gasteiger charge is 2.42. The first-order chi connectivity index (χ1) is 10.7. The molecule has 0 radical (unpaired) electrons. The topological polar surface area (TPSA) is 26.7 Å². The van der Waals surface area contributed by atoms with Crippen LogP contribution in [0.4, 0.5) is 0 Å². The Morgan fingerprint density at radius 3 is 2.68 bits per heavy atom. The van der Waals surface area contributed by atoms with Crippen LogP contribution in [-0.4, -0.2) is 47.6 Å². The molecule has 3 aliphatic rings. The highest BCUT2D eigenvalue weighted by Crippen LogP contribution is 2.41. The molecule has 2 heterocycles. The maximum absolute atomic E-state index is 9.99. The summed E-state index contributed by atoms with van der Waals surface area (Å²) in [4.78, 5) is 5.29. The van der Waals surface area contributed by atoms with E-state index < -0.39 is 0 Å². The first kappa shape index (κ1) is 14.5.